The van der Waals surface area contributed by atoms with Crippen LogP contribution in [-0.4, -0.2) is 42.3 Å². The Hall–Kier alpha value is -2.93. The number of ether oxygens (including phenoxy) is 1. The van der Waals surface area contributed by atoms with Crippen LogP contribution in [0.1, 0.15) is 25.8 Å². The Bertz CT molecular complexity index is 1300. The Balaban J connectivity index is 1.70. The lowest BCUT2D eigenvalue weighted by atomic mass is 10.0. The lowest BCUT2D eigenvalue weighted by Crippen LogP contribution is -2.49. The molecule has 2 aromatic carbocycles. The van der Waals surface area contributed by atoms with Gasteiger partial charge < -0.3 is 19.5 Å². The quantitative estimate of drug-likeness (QED) is 0.519. The number of piperazine rings is 1. The summed E-state index contributed by atoms with van der Waals surface area (Å²) in [5, 5.41) is 4.87. The Kier molecular flexibility index (Phi) is 4.12. The van der Waals surface area contributed by atoms with Crippen LogP contribution in [0.3, 0.4) is 0 Å². The minimum Gasteiger partial charge on any atom is -0.492 e. The molecule has 0 radical (unpaired) electrons. The lowest BCUT2D eigenvalue weighted by Gasteiger charge is -2.35. The van der Waals surface area contributed by atoms with Crippen molar-refractivity contribution in [3.63, 3.8) is 0 Å². The number of hydrogen-bond donors (Lipinski definition) is 1. The highest BCUT2D eigenvalue weighted by atomic mass is 19.1. The van der Waals surface area contributed by atoms with E-state index in [-0.39, 0.29) is 17.7 Å². The standard InChI is InChI=1S/C24H24F2N4O/c1-13-11-29(8-7-27-13)23-19(26)10-17-21-18(16-9-14(25)3-6-20(16)28-21)12-30(15-4-5-15)22(17)24(23)31-2/h3,6,9-10,12-13,15,27H,4-5,7-8,11H2,1-2H3. The second-order valence-corrected chi connectivity index (χ2v) is 8.74. The van der Waals surface area contributed by atoms with Crippen molar-refractivity contribution in [3.8, 4) is 17.0 Å². The van der Waals surface area contributed by atoms with E-state index in [9.17, 15) is 4.39 Å². The number of nitrogens with zero attached hydrogens (tertiary/aromatic N) is 3. The first-order chi connectivity index (χ1) is 15.0. The smallest absolute Gasteiger partial charge is 0.169 e. The molecule has 0 bridgehead atoms. The maximum absolute atomic E-state index is 15.6. The molecule has 0 amide bonds. The molecule has 0 spiro atoms. The molecule has 160 valence electrons. The Labute approximate surface area is 178 Å². The van der Waals surface area contributed by atoms with E-state index in [4.69, 9.17) is 9.72 Å². The highest BCUT2D eigenvalue weighted by Crippen LogP contribution is 2.48. The van der Waals surface area contributed by atoms with Crippen LogP contribution in [0.2, 0.25) is 0 Å². The number of benzene rings is 2. The van der Waals surface area contributed by atoms with Gasteiger partial charge in [0.1, 0.15) is 11.5 Å². The minimum absolute atomic E-state index is 0.267. The topological polar surface area (TPSA) is 42.3 Å². The van der Waals surface area contributed by atoms with Gasteiger partial charge in [-0.3, -0.25) is 0 Å². The molecule has 0 aromatic heterocycles. The summed E-state index contributed by atoms with van der Waals surface area (Å²) >= 11 is 0. The van der Waals surface area contributed by atoms with Gasteiger partial charge >= 0.3 is 0 Å². The van der Waals surface area contributed by atoms with Crippen LogP contribution < -0.4 is 15.0 Å². The molecular weight excluding hydrogens is 398 g/mol. The predicted octanol–water partition coefficient (Wildman–Crippen LogP) is 4.71. The van der Waals surface area contributed by atoms with Gasteiger partial charge in [-0.1, -0.05) is 0 Å². The molecule has 3 aliphatic heterocycles. The number of anilines is 1. The first-order valence-electron chi connectivity index (χ1n) is 10.8. The fourth-order valence-electron chi connectivity index (χ4n) is 4.98. The van der Waals surface area contributed by atoms with Crippen molar-refractivity contribution >= 4 is 27.5 Å². The van der Waals surface area contributed by atoms with Crippen molar-refractivity contribution in [3.05, 3.63) is 42.1 Å². The van der Waals surface area contributed by atoms with Crippen LogP contribution in [0, 0.1) is 11.6 Å². The summed E-state index contributed by atoms with van der Waals surface area (Å²) in [7, 11) is 1.61. The maximum Gasteiger partial charge on any atom is 0.169 e. The minimum atomic E-state index is -0.313. The van der Waals surface area contributed by atoms with Crippen molar-refractivity contribution in [1.82, 2.24) is 14.9 Å². The summed E-state index contributed by atoms with van der Waals surface area (Å²) in [5.74, 6) is -0.0607. The highest BCUT2D eigenvalue weighted by molar-refractivity contribution is 6.09. The zero-order valence-corrected chi connectivity index (χ0v) is 17.6. The summed E-state index contributed by atoms with van der Waals surface area (Å²) in [5.41, 5.74) is 3.62. The van der Waals surface area contributed by atoms with Crippen LogP contribution in [-0.2, 0) is 0 Å². The largest absolute Gasteiger partial charge is 0.492 e. The van der Waals surface area contributed by atoms with Gasteiger partial charge in [0.15, 0.2) is 11.6 Å². The Morgan fingerprint density at radius 3 is 2.74 bits per heavy atom. The van der Waals surface area contributed by atoms with Crippen molar-refractivity contribution in [2.45, 2.75) is 31.8 Å². The Morgan fingerprint density at radius 1 is 1.16 bits per heavy atom. The first-order valence-corrected chi connectivity index (χ1v) is 10.8. The summed E-state index contributed by atoms with van der Waals surface area (Å²) in [4.78, 5) is 6.82. The molecule has 4 aliphatic rings. The van der Waals surface area contributed by atoms with Crippen LogP contribution in [0.5, 0.6) is 5.75 Å². The molecule has 1 saturated carbocycles. The van der Waals surface area contributed by atoms with Crippen molar-refractivity contribution < 1.29 is 13.5 Å². The third kappa shape index (κ3) is 2.86. The molecule has 2 aromatic rings. The van der Waals surface area contributed by atoms with E-state index in [1.807, 2.05) is 0 Å². The second-order valence-electron chi connectivity index (χ2n) is 8.74. The molecule has 3 heterocycles. The van der Waals surface area contributed by atoms with Crippen molar-refractivity contribution in [1.29, 1.82) is 0 Å². The van der Waals surface area contributed by atoms with Crippen LogP contribution in [0.25, 0.3) is 33.1 Å². The van der Waals surface area contributed by atoms with Crippen LogP contribution >= 0.6 is 0 Å². The number of aromatic nitrogens is 2. The number of rotatable bonds is 3. The monoisotopic (exact) mass is 422 g/mol. The van der Waals surface area contributed by atoms with Crippen LogP contribution in [0.4, 0.5) is 14.5 Å². The zero-order valence-electron chi connectivity index (χ0n) is 17.6. The van der Waals surface area contributed by atoms with Gasteiger partial charge in [-0.05, 0) is 44.0 Å². The van der Waals surface area contributed by atoms with Gasteiger partial charge in [0, 0.05) is 54.3 Å². The summed E-state index contributed by atoms with van der Waals surface area (Å²) in [6.45, 7) is 4.32. The number of fused-ring (bicyclic) bond motifs is 5. The van der Waals surface area contributed by atoms with Gasteiger partial charge in [-0.2, -0.15) is 0 Å². The third-order valence-corrected chi connectivity index (χ3v) is 6.53. The number of hydrogen-bond acceptors (Lipinski definition) is 4. The summed E-state index contributed by atoms with van der Waals surface area (Å²) in [6, 6.07) is 6.79. The molecule has 31 heavy (non-hydrogen) atoms. The van der Waals surface area contributed by atoms with Crippen molar-refractivity contribution in [2.75, 3.05) is 31.6 Å². The highest BCUT2D eigenvalue weighted by Gasteiger charge is 2.32. The second kappa shape index (κ2) is 6.79. The zero-order chi connectivity index (χ0) is 21.3. The fourth-order valence-corrected chi connectivity index (χ4v) is 4.98. The van der Waals surface area contributed by atoms with E-state index < -0.39 is 0 Å². The fraction of sp³-hybridized carbons (Fsp3) is 0.375. The summed E-state index contributed by atoms with van der Waals surface area (Å²) < 4.78 is 37.7. The van der Waals surface area contributed by atoms with Gasteiger partial charge in [0.2, 0.25) is 0 Å². The SMILES string of the molecule is COc1c(N2CCNC(C)C2)c(F)cc2c3nc4ccc(F)cc4c-3cn(C3CC3)c12. The molecule has 1 saturated heterocycles. The average molecular weight is 422 g/mol. The first kappa shape index (κ1) is 18.8. The molecule has 1 aliphatic carbocycles. The van der Waals surface area contributed by atoms with E-state index in [1.54, 1.807) is 19.2 Å². The van der Waals surface area contributed by atoms with Gasteiger partial charge in [-0.15, -0.1) is 0 Å². The van der Waals surface area contributed by atoms with Gasteiger partial charge in [0.25, 0.3) is 0 Å². The summed E-state index contributed by atoms with van der Waals surface area (Å²) in [6.07, 6.45) is 4.17. The lowest BCUT2D eigenvalue weighted by molar-refractivity contribution is 0.407. The molecule has 2 fully saturated rings. The maximum atomic E-state index is 15.6. The molecule has 1 N–H and O–H groups in total. The average Bonchev–Trinajstić information content (AvgIpc) is 3.53. The number of nitrogens with one attached hydrogen (secondary N) is 1. The molecule has 7 heteroatoms. The van der Waals surface area contributed by atoms with E-state index in [2.05, 4.69) is 27.9 Å². The Morgan fingerprint density at radius 2 is 2.00 bits per heavy atom. The van der Waals surface area contributed by atoms with Gasteiger partial charge in [-0.25, -0.2) is 13.8 Å². The van der Waals surface area contributed by atoms with E-state index >= 15 is 4.39 Å². The molecule has 1 atom stereocenters. The molecular formula is C24H24F2N4O. The molecule has 5 nitrogen and oxygen atoms in total. The number of pyridine rings is 1. The van der Waals surface area contributed by atoms with E-state index in [1.165, 1.54) is 12.1 Å². The van der Waals surface area contributed by atoms with Gasteiger partial charge in [0.05, 0.1) is 23.8 Å². The van der Waals surface area contributed by atoms with Crippen LogP contribution in [0.15, 0.2) is 30.5 Å². The van der Waals surface area contributed by atoms with Crippen molar-refractivity contribution in [2.24, 2.45) is 0 Å². The molecule has 1 unspecified atom stereocenters. The van der Waals surface area contributed by atoms with E-state index in [0.29, 0.717) is 47.2 Å². The molecule has 6 rings (SSSR count). The normalized spacial score (nSPS) is 19.6. The number of halogens is 2. The number of methoxy groups -OCH3 is 1. The third-order valence-electron chi connectivity index (χ3n) is 6.53. The van der Waals surface area contributed by atoms with E-state index in [0.717, 1.165) is 35.9 Å². The predicted molar refractivity (Wildman–Crippen MR) is 118 cm³/mol.